The van der Waals surface area contributed by atoms with Crippen LogP contribution in [0.2, 0.25) is 0 Å². The van der Waals surface area contributed by atoms with Gasteiger partial charge in [0.05, 0.1) is 14.2 Å². The molecule has 4 nitrogen and oxygen atoms in total. The predicted molar refractivity (Wildman–Crippen MR) is 215 cm³/mol. The van der Waals surface area contributed by atoms with Gasteiger partial charge in [0.15, 0.2) is 0 Å². The van der Waals surface area contributed by atoms with E-state index in [9.17, 15) is 0 Å². The number of methoxy groups -OCH3 is 2. The van der Waals surface area contributed by atoms with Crippen LogP contribution in [0, 0.1) is 0 Å². The summed E-state index contributed by atoms with van der Waals surface area (Å²) < 4.78 is 24.0. The molecular weight excluding hydrogens is 641 g/mol. The van der Waals surface area contributed by atoms with Crippen molar-refractivity contribution in [2.24, 2.45) is 0 Å². The molecule has 4 heteroatoms. The first kappa shape index (κ1) is 29.0. The van der Waals surface area contributed by atoms with E-state index in [0.717, 1.165) is 99.2 Å². The van der Waals surface area contributed by atoms with Crippen molar-refractivity contribution in [3.63, 3.8) is 0 Å². The standard InChI is InChI=1S/C48H30O4/c1-49-31-15-11-27(12-16-31)35-20-29-19-30-21-36(28-13-17-32(50-2)18-14-28)40-24-44-34-8-4-6-10-46(34)52-48(44)26-42(40)38(30)22-37(29)41-25-47-43(23-39(35)41)33-7-3-5-9-45(33)51-47/h3-26H,1-2H3. The highest BCUT2D eigenvalue weighted by Crippen LogP contribution is 2.45. The lowest BCUT2D eigenvalue weighted by molar-refractivity contribution is 0.415. The van der Waals surface area contributed by atoms with Crippen LogP contribution >= 0.6 is 0 Å². The van der Waals surface area contributed by atoms with Crippen molar-refractivity contribution in [1.82, 2.24) is 0 Å². The van der Waals surface area contributed by atoms with E-state index >= 15 is 0 Å². The van der Waals surface area contributed by atoms with Crippen molar-refractivity contribution in [2.75, 3.05) is 14.2 Å². The number of ether oxygens (including phenoxy) is 2. The van der Waals surface area contributed by atoms with Crippen molar-refractivity contribution >= 4 is 87.0 Å². The van der Waals surface area contributed by atoms with E-state index in [2.05, 4.69) is 97.1 Å². The van der Waals surface area contributed by atoms with Crippen LogP contribution in [-0.2, 0) is 0 Å². The molecule has 0 aliphatic heterocycles. The topological polar surface area (TPSA) is 44.7 Å². The van der Waals surface area contributed by atoms with E-state index in [-0.39, 0.29) is 0 Å². The minimum absolute atomic E-state index is 0.833. The smallest absolute Gasteiger partial charge is 0.136 e. The number of benzene rings is 9. The Morgan fingerprint density at radius 3 is 1.19 bits per heavy atom. The third-order valence-corrected chi connectivity index (χ3v) is 10.8. The Bertz CT molecular complexity index is 3020. The number of hydrogen-bond acceptors (Lipinski definition) is 4. The Kier molecular flexibility index (Phi) is 6.06. The van der Waals surface area contributed by atoms with Crippen LogP contribution in [0.3, 0.4) is 0 Å². The molecule has 11 rings (SSSR count). The Morgan fingerprint density at radius 2 is 0.750 bits per heavy atom. The molecule has 0 unspecified atom stereocenters. The van der Waals surface area contributed by atoms with E-state index < -0.39 is 0 Å². The zero-order chi connectivity index (χ0) is 34.5. The maximum Gasteiger partial charge on any atom is 0.136 e. The predicted octanol–water partition coefficient (Wildman–Crippen LogP) is 13.4. The summed E-state index contributed by atoms with van der Waals surface area (Å²) in [7, 11) is 3.41. The first-order valence-corrected chi connectivity index (χ1v) is 17.5. The molecule has 2 heterocycles. The summed E-state index contributed by atoms with van der Waals surface area (Å²) in [5.41, 5.74) is 8.13. The maximum absolute atomic E-state index is 6.46. The number of hydrogen-bond donors (Lipinski definition) is 0. The quantitative estimate of drug-likeness (QED) is 0.138. The van der Waals surface area contributed by atoms with Crippen molar-refractivity contribution in [3.8, 4) is 33.8 Å². The van der Waals surface area contributed by atoms with Gasteiger partial charge in [-0.3, -0.25) is 0 Å². The highest BCUT2D eigenvalue weighted by molar-refractivity contribution is 6.26. The third-order valence-electron chi connectivity index (χ3n) is 10.8. The van der Waals surface area contributed by atoms with E-state index in [1.54, 1.807) is 14.2 Å². The number of rotatable bonds is 4. The summed E-state index contributed by atoms with van der Waals surface area (Å²) in [5.74, 6) is 1.67. The molecule has 2 aromatic heterocycles. The van der Waals surface area contributed by atoms with Gasteiger partial charge in [-0.05, 0) is 150 Å². The van der Waals surface area contributed by atoms with Crippen LogP contribution in [0.15, 0.2) is 154 Å². The largest absolute Gasteiger partial charge is 0.497 e. The van der Waals surface area contributed by atoms with Crippen molar-refractivity contribution in [3.05, 3.63) is 146 Å². The Hall–Kier alpha value is -6.78. The number of furan rings is 2. The van der Waals surface area contributed by atoms with Gasteiger partial charge in [-0.15, -0.1) is 0 Å². The average Bonchev–Trinajstić information content (AvgIpc) is 3.75. The molecular formula is C48H30O4. The van der Waals surface area contributed by atoms with Crippen LogP contribution in [0.5, 0.6) is 11.5 Å². The molecule has 0 saturated heterocycles. The van der Waals surface area contributed by atoms with E-state index in [1.807, 2.05) is 48.5 Å². The summed E-state index contributed by atoms with van der Waals surface area (Å²) in [6, 6.07) is 51.7. The Morgan fingerprint density at radius 1 is 0.327 bits per heavy atom. The fourth-order valence-corrected chi connectivity index (χ4v) is 8.26. The molecule has 246 valence electrons. The van der Waals surface area contributed by atoms with E-state index in [4.69, 9.17) is 18.3 Å². The molecule has 11 aromatic rings. The molecule has 9 aromatic carbocycles. The molecule has 0 atom stereocenters. The molecule has 0 amide bonds. The van der Waals surface area contributed by atoms with Crippen molar-refractivity contribution in [2.45, 2.75) is 0 Å². The van der Waals surface area contributed by atoms with E-state index in [1.165, 1.54) is 21.5 Å². The Labute approximate surface area is 298 Å². The van der Waals surface area contributed by atoms with Crippen LogP contribution in [0.1, 0.15) is 0 Å². The van der Waals surface area contributed by atoms with Gasteiger partial charge in [-0.2, -0.15) is 0 Å². The minimum atomic E-state index is 0.833. The summed E-state index contributed by atoms with van der Waals surface area (Å²) in [6.07, 6.45) is 0. The fourth-order valence-electron chi connectivity index (χ4n) is 8.26. The molecule has 0 saturated carbocycles. The molecule has 0 spiro atoms. The molecule has 52 heavy (non-hydrogen) atoms. The summed E-state index contributed by atoms with van der Waals surface area (Å²) in [5, 5.41) is 13.8. The lowest BCUT2D eigenvalue weighted by Crippen LogP contribution is -1.89. The fraction of sp³-hybridized carbons (Fsp3) is 0.0417. The van der Waals surface area contributed by atoms with Crippen LogP contribution in [0.4, 0.5) is 0 Å². The first-order valence-electron chi connectivity index (χ1n) is 17.5. The highest BCUT2D eigenvalue weighted by Gasteiger charge is 2.18. The van der Waals surface area contributed by atoms with Crippen LogP contribution in [0.25, 0.3) is 109 Å². The monoisotopic (exact) mass is 670 g/mol. The normalized spacial score (nSPS) is 12.0. The zero-order valence-corrected chi connectivity index (χ0v) is 28.5. The summed E-state index contributed by atoms with van der Waals surface area (Å²) >= 11 is 0. The van der Waals surface area contributed by atoms with Gasteiger partial charge in [0.2, 0.25) is 0 Å². The SMILES string of the molecule is COc1ccc(-c2cc3cc4cc(-c5ccc(OC)cc5)c5cc6c(cc5c4cc3c3cc4oc5ccccc5c4cc23)oc2ccccc26)cc1. The first-order chi connectivity index (χ1) is 25.6. The zero-order valence-electron chi connectivity index (χ0n) is 28.5. The van der Waals surface area contributed by atoms with Gasteiger partial charge in [0, 0.05) is 21.5 Å². The molecule has 0 N–H and O–H groups in total. The van der Waals surface area contributed by atoms with Gasteiger partial charge >= 0.3 is 0 Å². The molecule has 0 bridgehead atoms. The number of para-hydroxylation sites is 2. The lowest BCUT2D eigenvalue weighted by atomic mass is 9.88. The van der Waals surface area contributed by atoms with Gasteiger partial charge < -0.3 is 18.3 Å². The maximum atomic E-state index is 6.46. The van der Waals surface area contributed by atoms with E-state index in [0.29, 0.717) is 0 Å². The number of fused-ring (bicyclic) bond motifs is 12. The third kappa shape index (κ3) is 4.21. The van der Waals surface area contributed by atoms with Gasteiger partial charge in [0.1, 0.15) is 33.8 Å². The molecule has 0 aliphatic carbocycles. The van der Waals surface area contributed by atoms with Crippen LogP contribution < -0.4 is 9.47 Å². The molecule has 0 radical (unpaired) electrons. The second-order valence-corrected chi connectivity index (χ2v) is 13.6. The van der Waals surface area contributed by atoms with Crippen molar-refractivity contribution in [1.29, 1.82) is 0 Å². The second kappa shape index (κ2) is 10.9. The average molecular weight is 671 g/mol. The molecule has 0 aliphatic rings. The van der Waals surface area contributed by atoms with Crippen molar-refractivity contribution < 1.29 is 18.3 Å². The van der Waals surface area contributed by atoms with Gasteiger partial charge in [-0.25, -0.2) is 0 Å². The summed E-state index contributed by atoms with van der Waals surface area (Å²) in [6.45, 7) is 0. The second-order valence-electron chi connectivity index (χ2n) is 13.6. The molecule has 0 fully saturated rings. The Balaban J connectivity index is 1.28. The van der Waals surface area contributed by atoms with Crippen LogP contribution in [-0.4, -0.2) is 14.2 Å². The highest BCUT2D eigenvalue weighted by atomic mass is 16.5. The lowest BCUT2D eigenvalue weighted by Gasteiger charge is -2.16. The van der Waals surface area contributed by atoms with Gasteiger partial charge in [-0.1, -0.05) is 60.7 Å². The summed E-state index contributed by atoms with van der Waals surface area (Å²) in [4.78, 5) is 0. The minimum Gasteiger partial charge on any atom is -0.497 e. The van der Waals surface area contributed by atoms with Gasteiger partial charge in [0.25, 0.3) is 0 Å².